The highest BCUT2D eigenvalue weighted by Gasteiger charge is 2.04. The molecule has 0 fully saturated rings. The number of nitrogens with one attached hydrogen (secondary N) is 1. The highest BCUT2D eigenvalue weighted by Crippen LogP contribution is 2.16. The van der Waals surface area contributed by atoms with Crippen LogP contribution in [-0.4, -0.2) is 19.1 Å². The molecule has 0 saturated heterocycles. The van der Waals surface area contributed by atoms with Crippen LogP contribution in [0, 0.1) is 6.92 Å². The quantitative estimate of drug-likeness (QED) is 0.854. The lowest BCUT2D eigenvalue weighted by molar-refractivity contribution is -0.123. The van der Waals surface area contributed by atoms with Crippen molar-refractivity contribution in [1.29, 1.82) is 0 Å². The van der Waals surface area contributed by atoms with Crippen LogP contribution in [0.15, 0.2) is 48.5 Å². The lowest BCUT2D eigenvalue weighted by atomic mass is 10.2. The third-order valence-corrected chi connectivity index (χ3v) is 3.18. The Morgan fingerprint density at radius 1 is 1.05 bits per heavy atom. The minimum absolute atomic E-state index is 0.0158. The molecule has 0 radical (unpaired) electrons. The Bertz CT molecular complexity index is 608. The van der Waals surface area contributed by atoms with Crippen LogP contribution in [0.1, 0.15) is 18.1 Å². The molecule has 116 valence electrons. The Balaban J connectivity index is 1.76. The molecule has 22 heavy (non-hydrogen) atoms. The zero-order valence-electron chi connectivity index (χ0n) is 13.0. The molecule has 0 aliphatic rings. The van der Waals surface area contributed by atoms with Crippen LogP contribution < -0.4 is 14.8 Å². The molecule has 0 aliphatic heterocycles. The van der Waals surface area contributed by atoms with E-state index in [1.165, 1.54) is 0 Å². The molecule has 2 aromatic carbocycles. The molecule has 0 aliphatic carbocycles. The van der Waals surface area contributed by atoms with Gasteiger partial charge in [-0.05, 0) is 43.2 Å². The van der Waals surface area contributed by atoms with Gasteiger partial charge in [0.15, 0.2) is 6.61 Å². The van der Waals surface area contributed by atoms with E-state index in [0.29, 0.717) is 13.2 Å². The van der Waals surface area contributed by atoms with Crippen molar-refractivity contribution in [2.24, 2.45) is 0 Å². The van der Waals surface area contributed by atoms with Gasteiger partial charge in [-0.15, -0.1) is 0 Å². The number of hydrogen-bond acceptors (Lipinski definition) is 3. The van der Waals surface area contributed by atoms with Crippen molar-refractivity contribution in [3.05, 3.63) is 59.7 Å². The SMILES string of the molecule is CCOc1ccc(CNC(=O)COc2ccccc2C)cc1. The number of carbonyl (C=O) groups excluding carboxylic acids is 1. The number of rotatable bonds is 7. The van der Waals surface area contributed by atoms with E-state index in [4.69, 9.17) is 9.47 Å². The molecular formula is C18H21NO3. The van der Waals surface area contributed by atoms with Crippen LogP contribution in [0.2, 0.25) is 0 Å². The van der Waals surface area contributed by atoms with Gasteiger partial charge in [-0.2, -0.15) is 0 Å². The topological polar surface area (TPSA) is 47.6 Å². The molecule has 0 spiro atoms. The fraction of sp³-hybridized carbons (Fsp3) is 0.278. The number of benzene rings is 2. The molecule has 0 unspecified atom stereocenters. The number of carbonyl (C=O) groups is 1. The van der Waals surface area contributed by atoms with Crippen LogP contribution in [0.3, 0.4) is 0 Å². The minimum Gasteiger partial charge on any atom is -0.494 e. The zero-order valence-corrected chi connectivity index (χ0v) is 13.0. The number of hydrogen-bond donors (Lipinski definition) is 1. The lowest BCUT2D eigenvalue weighted by Gasteiger charge is -2.10. The predicted molar refractivity (Wildman–Crippen MR) is 86.1 cm³/mol. The zero-order chi connectivity index (χ0) is 15.8. The Kier molecular flexibility index (Phi) is 5.83. The summed E-state index contributed by atoms with van der Waals surface area (Å²) in [4.78, 5) is 11.8. The number of aryl methyl sites for hydroxylation is 1. The van der Waals surface area contributed by atoms with Crippen molar-refractivity contribution < 1.29 is 14.3 Å². The molecule has 2 aromatic rings. The first-order valence-electron chi connectivity index (χ1n) is 7.36. The summed E-state index contributed by atoms with van der Waals surface area (Å²) in [5.74, 6) is 1.43. The summed E-state index contributed by atoms with van der Waals surface area (Å²) in [7, 11) is 0. The van der Waals surface area contributed by atoms with E-state index >= 15 is 0 Å². The molecule has 4 heteroatoms. The minimum atomic E-state index is -0.142. The van der Waals surface area contributed by atoms with E-state index < -0.39 is 0 Å². The molecular weight excluding hydrogens is 278 g/mol. The van der Waals surface area contributed by atoms with E-state index in [2.05, 4.69) is 5.32 Å². The van der Waals surface area contributed by atoms with Gasteiger partial charge in [-0.25, -0.2) is 0 Å². The second kappa shape index (κ2) is 8.08. The van der Waals surface area contributed by atoms with E-state index in [9.17, 15) is 4.79 Å². The van der Waals surface area contributed by atoms with Gasteiger partial charge in [-0.1, -0.05) is 30.3 Å². The van der Waals surface area contributed by atoms with Gasteiger partial charge in [0.2, 0.25) is 0 Å². The molecule has 0 atom stereocenters. The van der Waals surface area contributed by atoms with Crippen LogP contribution in [0.25, 0.3) is 0 Å². The summed E-state index contributed by atoms with van der Waals surface area (Å²) < 4.78 is 10.9. The summed E-state index contributed by atoms with van der Waals surface area (Å²) in [6.45, 7) is 5.03. The summed E-state index contributed by atoms with van der Waals surface area (Å²) in [6.07, 6.45) is 0. The smallest absolute Gasteiger partial charge is 0.258 e. The van der Waals surface area contributed by atoms with Crippen molar-refractivity contribution in [2.45, 2.75) is 20.4 Å². The van der Waals surface area contributed by atoms with Crippen molar-refractivity contribution in [1.82, 2.24) is 5.32 Å². The maximum atomic E-state index is 11.8. The van der Waals surface area contributed by atoms with Crippen molar-refractivity contribution >= 4 is 5.91 Å². The van der Waals surface area contributed by atoms with Gasteiger partial charge in [0.05, 0.1) is 6.61 Å². The third kappa shape index (κ3) is 4.81. The van der Waals surface area contributed by atoms with Crippen LogP contribution >= 0.6 is 0 Å². The van der Waals surface area contributed by atoms with Crippen molar-refractivity contribution in [3.8, 4) is 11.5 Å². The lowest BCUT2D eigenvalue weighted by Crippen LogP contribution is -2.28. The van der Waals surface area contributed by atoms with Gasteiger partial charge in [-0.3, -0.25) is 4.79 Å². The molecule has 0 bridgehead atoms. The molecule has 0 aromatic heterocycles. The Morgan fingerprint density at radius 2 is 1.77 bits per heavy atom. The Hall–Kier alpha value is -2.49. The van der Waals surface area contributed by atoms with E-state index in [-0.39, 0.29) is 12.5 Å². The van der Waals surface area contributed by atoms with Gasteiger partial charge in [0.25, 0.3) is 5.91 Å². The maximum Gasteiger partial charge on any atom is 0.258 e. The normalized spacial score (nSPS) is 10.1. The van der Waals surface area contributed by atoms with Crippen molar-refractivity contribution in [3.63, 3.8) is 0 Å². The van der Waals surface area contributed by atoms with Gasteiger partial charge < -0.3 is 14.8 Å². The molecule has 0 heterocycles. The predicted octanol–water partition coefficient (Wildman–Crippen LogP) is 3.09. The van der Waals surface area contributed by atoms with Gasteiger partial charge in [0, 0.05) is 6.54 Å². The van der Waals surface area contributed by atoms with Crippen LogP contribution in [-0.2, 0) is 11.3 Å². The molecule has 1 amide bonds. The van der Waals surface area contributed by atoms with E-state index in [1.54, 1.807) is 0 Å². The first kappa shape index (κ1) is 15.9. The summed E-state index contributed by atoms with van der Waals surface area (Å²) in [6, 6.07) is 15.3. The molecule has 1 N–H and O–H groups in total. The number of para-hydroxylation sites is 1. The van der Waals surface area contributed by atoms with Crippen molar-refractivity contribution in [2.75, 3.05) is 13.2 Å². The first-order valence-corrected chi connectivity index (χ1v) is 7.36. The Labute approximate surface area is 131 Å². The maximum absolute atomic E-state index is 11.8. The Morgan fingerprint density at radius 3 is 2.45 bits per heavy atom. The second-order valence-electron chi connectivity index (χ2n) is 4.91. The molecule has 4 nitrogen and oxygen atoms in total. The highest BCUT2D eigenvalue weighted by atomic mass is 16.5. The fourth-order valence-corrected chi connectivity index (χ4v) is 1.98. The van der Waals surface area contributed by atoms with E-state index in [1.807, 2.05) is 62.4 Å². The molecule has 2 rings (SSSR count). The van der Waals surface area contributed by atoms with Crippen LogP contribution in [0.4, 0.5) is 0 Å². The average molecular weight is 299 g/mol. The second-order valence-corrected chi connectivity index (χ2v) is 4.91. The molecule has 0 saturated carbocycles. The van der Waals surface area contributed by atoms with Crippen LogP contribution in [0.5, 0.6) is 11.5 Å². The van der Waals surface area contributed by atoms with Gasteiger partial charge >= 0.3 is 0 Å². The number of ether oxygens (including phenoxy) is 2. The standard InChI is InChI=1S/C18H21NO3/c1-3-21-16-10-8-15(9-11-16)12-19-18(20)13-22-17-7-5-4-6-14(17)2/h4-11H,3,12-13H2,1-2H3,(H,19,20). The summed E-state index contributed by atoms with van der Waals surface area (Å²) in [5, 5.41) is 2.84. The first-order chi connectivity index (χ1) is 10.7. The van der Waals surface area contributed by atoms with E-state index in [0.717, 1.165) is 22.6 Å². The summed E-state index contributed by atoms with van der Waals surface area (Å²) in [5.41, 5.74) is 2.04. The third-order valence-electron chi connectivity index (χ3n) is 3.18. The number of amides is 1. The summed E-state index contributed by atoms with van der Waals surface area (Å²) >= 11 is 0. The fourth-order valence-electron chi connectivity index (χ4n) is 1.98. The largest absolute Gasteiger partial charge is 0.494 e. The highest BCUT2D eigenvalue weighted by molar-refractivity contribution is 5.77. The van der Waals surface area contributed by atoms with Gasteiger partial charge in [0.1, 0.15) is 11.5 Å². The monoisotopic (exact) mass is 299 g/mol. The average Bonchev–Trinajstić information content (AvgIpc) is 2.54.